The first-order chi connectivity index (χ1) is 4.00. The largest absolute Gasteiger partial charge is 0.325 e. The van der Waals surface area contributed by atoms with Crippen molar-refractivity contribution < 1.29 is 0 Å². The van der Waals surface area contributed by atoms with Gasteiger partial charge in [0.1, 0.15) is 0 Å². The lowest BCUT2D eigenvalue weighted by atomic mass is 9.98. The molecule has 1 rings (SSSR count). The third-order valence-electron chi connectivity index (χ3n) is 1.86. The van der Waals surface area contributed by atoms with E-state index in [1.165, 1.54) is 0 Å². The molecule has 11 heavy (non-hydrogen) atoms. The second kappa shape index (κ2) is 4.51. The van der Waals surface area contributed by atoms with Gasteiger partial charge >= 0.3 is 0 Å². The zero-order valence-electron chi connectivity index (χ0n) is 7.33. The highest BCUT2D eigenvalue weighted by Crippen LogP contribution is 2.19. The molecule has 1 aliphatic rings. The summed E-state index contributed by atoms with van der Waals surface area (Å²) in [4.78, 5) is 2.39. The number of hydrogen-bond donors (Lipinski definition) is 1. The molecule has 0 amide bonds. The maximum atomic E-state index is 5.62. The summed E-state index contributed by atoms with van der Waals surface area (Å²) in [5, 5.41) is 0. The first-order valence-electron chi connectivity index (χ1n) is 3.51. The third kappa shape index (κ3) is 3.61. The molecule has 0 aromatic heterocycles. The fraction of sp³-hybridized carbons (Fsp3) is 1.00. The van der Waals surface area contributed by atoms with Gasteiger partial charge in [-0.2, -0.15) is 0 Å². The highest BCUT2D eigenvalue weighted by Gasteiger charge is 2.31. The Hall–Kier alpha value is 0.500. The Morgan fingerprint density at radius 1 is 1.18 bits per heavy atom. The molecule has 1 saturated heterocycles. The van der Waals surface area contributed by atoms with Gasteiger partial charge < -0.3 is 5.73 Å². The Labute approximate surface area is 81.3 Å². The summed E-state index contributed by atoms with van der Waals surface area (Å²) in [5.41, 5.74) is 5.95. The van der Waals surface area contributed by atoms with E-state index in [1.807, 2.05) is 0 Å². The van der Waals surface area contributed by atoms with Gasteiger partial charge in [-0.1, -0.05) is 0 Å². The van der Waals surface area contributed by atoms with Crippen LogP contribution in [0, 0.1) is 0 Å². The van der Waals surface area contributed by atoms with E-state index in [-0.39, 0.29) is 24.8 Å². The van der Waals surface area contributed by atoms with E-state index in [9.17, 15) is 0 Å². The summed E-state index contributed by atoms with van der Waals surface area (Å²) in [5.74, 6) is 0. The summed E-state index contributed by atoms with van der Waals surface area (Å²) < 4.78 is 0. The summed E-state index contributed by atoms with van der Waals surface area (Å²) >= 11 is 0. The summed E-state index contributed by atoms with van der Waals surface area (Å²) in [6, 6.07) is 0.434. The van der Waals surface area contributed by atoms with Crippen LogP contribution in [0.25, 0.3) is 0 Å². The van der Waals surface area contributed by atoms with Gasteiger partial charge in [-0.15, -0.1) is 24.8 Å². The van der Waals surface area contributed by atoms with Crippen molar-refractivity contribution in [1.29, 1.82) is 0 Å². The fourth-order valence-corrected chi connectivity index (χ4v) is 1.06. The molecule has 70 valence electrons. The van der Waals surface area contributed by atoms with Gasteiger partial charge in [-0.3, -0.25) is 4.90 Å². The van der Waals surface area contributed by atoms with Gasteiger partial charge in [0.25, 0.3) is 0 Å². The zero-order chi connectivity index (χ0) is 7.07. The molecule has 0 spiro atoms. The van der Waals surface area contributed by atoms with E-state index in [1.54, 1.807) is 0 Å². The summed E-state index contributed by atoms with van der Waals surface area (Å²) in [7, 11) is 0. The maximum absolute atomic E-state index is 5.62. The third-order valence-corrected chi connectivity index (χ3v) is 1.86. The highest BCUT2D eigenvalue weighted by atomic mass is 35.5. The van der Waals surface area contributed by atoms with Crippen LogP contribution in [-0.4, -0.2) is 29.6 Å². The van der Waals surface area contributed by atoms with Crippen LogP contribution in [-0.2, 0) is 0 Å². The minimum atomic E-state index is 0. The van der Waals surface area contributed by atoms with Gasteiger partial charge in [0.05, 0.1) is 0 Å². The molecule has 0 atom stereocenters. The van der Waals surface area contributed by atoms with Crippen molar-refractivity contribution in [2.45, 2.75) is 32.4 Å². The second-order valence-corrected chi connectivity index (χ2v) is 3.84. The van der Waals surface area contributed by atoms with Crippen LogP contribution in [0.3, 0.4) is 0 Å². The smallest absolute Gasteiger partial charge is 0.0297 e. The predicted molar refractivity (Wildman–Crippen MR) is 53.8 cm³/mol. The number of hydrogen-bond acceptors (Lipinski definition) is 2. The Balaban J connectivity index is 0. The Kier molecular flexibility index (Phi) is 5.76. The molecule has 1 heterocycles. The van der Waals surface area contributed by atoms with Crippen molar-refractivity contribution in [2.24, 2.45) is 5.73 Å². The molecule has 0 aromatic carbocycles. The second-order valence-electron chi connectivity index (χ2n) is 3.84. The number of nitrogens with zero attached hydrogens (tertiary/aromatic N) is 1. The van der Waals surface area contributed by atoms with Crippen LogP contribution in [0.15, 0.2) is 0 Å². The van der Waals surface area contributed by atoms with Crippen LogP contribution in [0.2, 0.25) is 0 Å². The van der Waals surface area contributed by atoms with Crippen LogP contribution < -0.4 is 5.73 Å². The SMILES string of the molecule is CC(C)(C)N1CC(N)C1.Cl.Cl. The number of rotatable bonds is 0. The molecule has 4 heteroatoms. The van der Waals surface area contributed by atoms with E-state index in [0.717, 1.165) is 13.1 Å². The maximum Gasteiger partial charge on any atom is 0.0297 e. The van der Waals surface area contributed by atoms with Gasteiger partial charge in [0.15, 0.2) is 0 Å². The highest BCUT2D eigenvalue weighted by molar-refractivity contribution is 5.85. The van der Waals surface area contributed by atoms with Gasteiger partial charge in [0, 0.05) is 24.7 Å². The first kappa shape index (κ1) is 14.0. The lowest BCUT2D eigenvalue weighted by Gasteiger charge is -2.46. The summed E-state index contributed by atoms with van der Waals surface area (Å²) in [6.07, 6.45) is 0. The average molecular weight is 201 g/mol. The van der Waals surface area contributed by atoms with Crippen molar-refractivity contribution in [1.82, 2.24) is 4.90 Å². The topological polar surface area (TPSA) is 29.3 Å². The van der Waals surface area contributed by atoms with Crippen LogP contribution >= 0.6 is 24.8 Å². The lowest BCUT2D eigenvalue weighted by molar-refractivity contribution is 0.0496. The van der Waals surface area contributed by atoms with Gasteiger partial charge in [-0.05, 0) is 20.8 Å². The Bertz CT molecular complexity index is 105. The molecule has 1 aliphatic heterocycles. The first-order valence-corrected chi connectivity index (χ1v) is 3.51. The van der Waals surface area contributed by atoms with Crippen molar-refractivity contribution in [2.75, 3.05) is 13.1 Å². The standard InChI is InChI=1S/C7H16N2.2ClH/c1-7(2,3)9-4-6(8)5-9;;/h6H,4-5,8H2,1-3H3;2*1H. The van der Waals surface area contributed by atoms with E-state index in [2.05, 4.69) is 25.7 Å². The van der Waals surface area contributed by atoms with Crippen LogP contribution in [0.5, 0.6) is 0 Å². The fourth-order valence-electron chi connectivity index (χ4n) is 1.06. The van der Waals surface area contributed by atoms with Crippen LogP contribution in [0.4, 0.5) is 0 Å². The molecule has 0 aliphatic carbocycles. The molecule has 0 unspecified atom stereocenters. The Morgan fingerprint density at radius 3 is 1.64 bits per heavy atom. The number of halogens is 2. The van der Waals surface area contributed by atoms with E-state index >= 15 is 0 Å². The quantitative estimate of drug-likeness (QED) is 0.639. The molecule has 0 aromatic rings. The average Bonchev–Trinajstić information content (AvgIpc) is 1.55. The van der Waals surface area contributed by atoms with Gasteiger partial charge in [-0.25, -0.2) is 0 Å². The minimum absolute atomic E-state index is 0. The molecule has 2 N–H and O–H groups in total. The van der Waals surface area contributed by atoms with Crippen molar-refractivity contribution >= 4 is 24.8 Å². The van der Waals surface area contributed by atoms with E-state index in [4.69, 9.17) is 5.73 Å². The molecule has 1 fully saturated rings. The van der Waals surface area contributed by atoms with Crippen LogP contribution in [0.1, 0.15) is 20.8 Å². The lowest BCUT2D eigenvalue weighted by Crippen LogP contribution is -2.62. The molecular weight excluding hydrogens is 183 g/mol. The minimum Gasteiger partial charge on any atom is -0.325 e. The zero-order valence-corrected chi connectivity index (χ0v) is 8.97. The number of likely N-dealkylation sites (tertiary alicyclic amines) is 1. The van der Waals surface area contributed by atoms with E-state index < -0.39 is 0 Å². The predicted octanol–water partition coefficient (Wildman–Crippen LogP) is 1.27. The van der Waals surface area contributed by atoms with E-state index in [0.29, 0.717) is 11.6 Å². The molecular formula is C7H18Cl2N2. The summed E-state index contributed by atoms with van der Waals surface area (Å²) in [6.45, 7) is 8.81. The Morgan fingerprint density at radius 2 is 1.55 bits per heavy atom. The molecule has 0 radical (unpaired) electrons. The molecule has 0 bridgehead atoms. The normalized spacial score (nSPS) is 19.6. The van der Waals surface area contributed by atoms with Crippen molar-refractivity contribution in [3.63, 3.8) is 0 Å². The van der Waals surface area contributed by atoms with Crippen molar-refractivity contribution in [3.05, 3.63) is 0 Å². The number of nitrogens with two attached hydrogens (primary N) is 1. The van der Waals surface area contributed by atoms with Crippen molar-refractivity contribution in [3.8, 4) is 0 Å². The molecule has 2 nitrogen and oxygen atoms in total. The van der Waals surface area contributed by atoms with Gasteiger partial charge in [0.2, 0.25) is 0 Å². The molecule has 0 saturated carbocycles. The monoisotopic (exact) mass is 200 g/mol.